The molecule has 1 aromatic heterocycles. The third kappa shape index (κ3) is 5.19. The molecule has 0 unspecified atom stereocenters. The van der Waals surface area contributed by atoms with E-state index in [1.165, 1.54) is 18.6 Å². The van der Waals surface area contributed by atoms with Crippen LogP contribution in [0.2, 0.25) is 0 Å². The van der Waals surface area contributed by atoms with Gasteiger partial charge in [-0.05, 0) is 61.6 Å². The molecule has 1 aliphatic heterocycles. The first-order valence-electron chi connectivity index (χ1n) is 8.47. The van der Waals surface area contributed by atoms with Crippen molar-refractivity contribution in [2.24, 2.45) is 0 Å². The van der Waals surface area contributed by atoms with Gasteiger partial charge in [0, 0.05) is 12.2 Å². The summed E-state index contributed by atoms with van der Waals surface area (Å²) in [5.74, 6) is 0.735. The number of nitrogens with one attached hydrogen (secondary N) is 1. The number of nitrogens with zero attached hydrogens (tertiary/aromatic N) is 1. The molecule has 0 bridgehead atoms. The summed E-state index contributed by atoms with van der Waals surface area (Å²) < 4.78 is 43.5. The molecule has 1 fully saturated rings. The van der Waals surface area contributed by atoms with E-state index < -0.39 is 11.7 Å². The van der Waals surface area contributed by atoms with Crippen LogP contribution in [0.25, 0.3) is 0 Å². The van der Waals surface area contributed by atoms with Crippen molar-refractivity contribution in [3.63, 3.8) is 0 Å². The average Bonchev–Trinajstić information content (AvgIpc) is 3.12. The van der Waals surface area contributed by atoms with Crippen LogP contribution in [-0.4, -0.2) is 24.2 Å². The Labute approximate surface area is 145 Å². The molecule has 134 valence electrons. The molecule has 1 aromatic carbocycles. The highest BCUT2D eigenvalue weighted by Crippen LogP contribution is 2.29. The molecule has 0 saturated carbocycles. The Kier molecular flexibility index (Phi) is 5.58. The number of rotatable bonds is 6. The Hall–Kier alpha value is -2.08. The molecule has 2 heterocycles. The molecule has 0 radical (unpaired) electrons. The number of pyridine rings is 1. The smallest absolute Gasteiger partial charge is 0.416 e. The van der Waals surface area contributed by atoms with E-state index in [0.717, 1.165) is 42.0 Å². The van der Waals surface area contributed by atoms with Gasteiger partial charge in [0.25, 0.3) is 0 Å². The number of halogens is 3. The second kappa shape index (κ2) is 7.87. The van der Waals surface area contributed by atoms with Crippen LogP contribution in [0.3, 0.4) is 0 Å². The van der Waals surface area contributed by atoms with Gasteiger partial charge in [-0.2, -0.15) is 13.2 Å². The molecule has 1 aliphatic rings. The van der Waals surface area contributed by atoms with Crippen molar-refractivity contribution in [1.82, 2.24) is 10.3 Å². The van der Waals surface area contributed by atoms with E-state index in [0.29, 0.717) is 25.5 Å². The molecule has 3 rings (SSSR count). The molecule has 1 atom stereocenters. The Bertz CT molecular complexity index is 680. The first-order chi connectivity index (χ1) is 12.0. The lowest BCUT2D eigenvalue weighted by Crippen LogP contribution is -2.28. The Morgan fingerprint density at radius 2 is 1.84 bits per heavy atom. The van der Waals surface area contributed by atoms with E-state index in [9.17, 15) is 13.2 Å². The normalized spacial score (nSPS) is 17.6. The van der Waals surface area contributed by atoms with E-state index in [1.807, 2.05) is 6.07 Å². The van der Waals surface area contributed by atoms with Crippen molar-refractivity contribution < 1.29 is 17.9 Å². The lowest BCUT2D eigenvalue weighted by molar-refractivity contribution is -0.137. The van der Waals surface area contributed by atoms with Gasteiger partial charge >= 0.3 is 6.18 Å². The molecule has 0 spiro atoms. The number of benzene rings is 1. The summed E-state index contributed by atoms with van der Waals surface area (Å²) in [5, 5.41) is 3.38. The maximum Gasteiger partial charge on any atom is 0.416 e. The topological polar surface area (TPSA) is 34.1 Å². The molecule has 0 amide bonds. The predicted octanol–water partition coefficient (Wildman–Crippen LogP) is 4.02. The van der Waals surface area contributed by atoms with E-state index in [4.69, 9.17) is 4.74 Å². The van der Waals surface area contributed by atoms with Gasteiger partial charge in [-0.3, -0.25) is 4.98 Å². The van der Waals surface area contributed by atoms with Gasteiger partial charge in [0.15, 0.2) is 0 Å². The molecule has 1 N–H and O–H groups in total. The van der Waals surface area contributed by atoms with Gasteiger partial charge in [0.2, 0.25) is 0 Å². The van der Waals surface area contributed by atoms with E-state index in [1.54, 1.807) is 12.4 Å². The Morgan fingerprint density at radius 1 is 1.08 bits per heavy atom. The summed E-state index contributed by atoms with van der Waals surface area (Å²) in [6, 6.07) is 7.66. The number of hydrogen-bond donors (Lipinski definition) is 1. The quantitative estimate of drug-likeness (QED) is 0.855. The number of aryl methyl sites for hydroxylation is 2. The summed E-state index contributed by atoms with van der Waals surface area (Å²) in [7, 11) is 0. The molecular weight excluding hydrogens is 329 g/mol. The van der Waals surface area contributed by atoms with E-state index in [2.05, 4.69) is 10.3 Å². The van der Waals surface area contributed by atoms with Crippen LogP contribution in [0.15, 0.2) is 42.7 Å². The second-order valence-corrected chi connectivity index (χ2v) is 6.33. The minimum Gasteiger partial charge on any atom is -0.490 e. The molecule has 2 aromatic rings. The van der Waals surface area contributed by atoms with Crippen LogP contribution in [0.5, 0.6) is 5.75 Å². The van der Waals surface area contributed by atoms with Crippen LogP contribution >= 0.6 is 0 Å². The fourth-order valence-corrected chi connectivity index (χ4v) is 2.92. The lowest BCUT2D eigenvalue weighted by Gasteiger charge is -2.12. The monoisotopic (exact) mass is 350 g/mol. The van der Waals surface area contributed by atoms with Crippen molar-refractivity contribution in [2.75, 3.05) is 13.2 Å². The van der Waals surface area contributed by atoms with Crippen molar-refractivity contribution >= 4 is 0 Å². The summed E-state index contributed by atoms with van der Waals surface area (Å²) >= 11 is 0. The minimum atomic E-state index is -4.29. The Balaban J connectivity index is 1.53. The van der Waals surface area contributed by atoms with Gasteiger partial charge in [0.1, 0.15) is 12.4 Å². The predicted molar refractivity (Wildman–Crippen MR) is 89.6 cm³/mol. The molecule has 1 saturated heterocycles. The maximum atomic E-state index is 12.6. The highest BCUT2D eigenvalue weighted by Gasteiger charge is 2.29. The van der Waals surface area contributed by atoms with Gasteiger partial charge in [-0.25, -0.2) is 0 Å². The van der Waals surface area contributed by atoms with Crippen molar-refractivity contribution in [1.29, 1.82) is 0 Å². The molecule has 25 heavy (non-hydrogen) atoms. The van der Waals surface area contributed by atoms with Gasteiger partial charge in [-0.15, -0.1) is 0 Å². The van der Waals surface area contributed by atoms with Gasteiger partial charge in [0.05, 0.1) is 11.8 Å². The number of aromatic nitrogens is 1. The zero-order valence-electron chi connectivity index (χ0n) is 13.9. The van der Waals surface area contributed by atoms with Crippen LogP contribution in [0.4, 0.5) is 13.2 Å². The highest BCUT2D eigenvalue weighted by atomic mass is 19.4. The zero-order chi connectivity index (χ0) is 17.7. The third-order valence-corrected chi connectivity index (χ3v) is 4.37. The average molecular weight is 350 g/mol. The summed E-state index contributed by atoms with van der Waals surface area (Å²) in [5.41, 5.74) is 1.26. The van der Waals surface area contributed by atoms with Crippen molar-refractivity contribution in [3.05, 3.63) is 59.4 Å². The largest absolute Gasteiger partial charge is 0.490 e. The summed E-state index contributed by atoms with van der Waals surface area (Å²) in [6.45, 7) is 1.67. The first-order valence-corrected chi connectivity index (χ1v) is 8.47. The first kappa shape index (κ1) is 17.7. The lowest BCUT2D eigenvalue weighted by atomic mass is 10.0. The fourth-order valence-electron chi connectivity index (χ4n) is 2.92. The maximum absolute atomic E-state index is 12.6. The number of ether oxygens (including phenoxy) is 1. The molecular formula is C19H21F3N2O. The van der Waals surface area contributed by atoms with Crippen molar-refractivity contribution in [2.45, 2.75) is 37.9 Å². The SMILES string of the molecule is FC(F)(F)c1ccc(CCc2cncc(OC[C@@H]3CCCN3)c2)cc1. The standard InChI is InChI=1S/C19H21F3N2O/c20-19(21,22)16-7-5-14(6-8-16)3-4-15-10-18(12-23-11-15)25-13-17-2-1-9-24-17/h5-8,10-12,17,24H,1-4,9,13H2/t17-/m0/s1. The van der Waals surface area contributed by atoms with Crippen LogP contribution in [-0.2, 0) is 19.0 Å². The molecule has 0 aliphatic carbocycles. The molecule has 3 nitrogen and oxygen atoms in total. The highest BCUT2D eigenvalue weighted by molar-refractivity contribution is 5.27. The van der Waals surface area contributed by atoms with Gasteiger partial charge in [-0.1, -0.05) is 12.1 Å². The van der Waals surface area contributed by atoms with Crippen LogP contribution in [0, 0.1) is 0 Å². The second-order valence-electron chi connectivity index (χ2n) is 6.33. The molecule has 6 heteroatoms. The van der Waals surface area contributed by atoms with Crippen LogP contribution in [0.1, 0.15) is 29.5 Å². The van der Waals surface area contributed by atoms with E-state index in [-0.39, 0.29) is 0 Å². The van der Waals surface area contributed by atoms with Gasteiger partial charge < -0.3 is 10.1 Å². The van der Waals surface area contributed by atoms with E-state index >= 15 is 0 Å². The summed E-state index contributed by atoms with van der Waals surface area (Å²) in [4.78, 5) is 4.19. The zero-order valence-corrected chi connectivity index (χ0v) is 13.9. The third-order valence-electron chi connectivity index (χ3n) is 4.37. The number of hydrogen-bond acceptors (Lipinski definition) is 3. The Morgan fingerprint density at radius 3 is 2.52 bits per heavy atom. The van der Waals surface area contributed by atoms with Crippen LogP contribution < -0.4 is 10.1 Å². The minimum absolute atomic E-state index is 0.399. The summed E-state index contributed by atoms with van der Waals surface area (Å²) in [6.07, 6.45) is 2.84. The number of alkyl halides is 3. The fraction of sp³-hybridized carbons (Fsp3) is 0.421. The van der Waals surface area contributed by atoms with Crippen molar-refractivity contribution in [3.8, 4) is 5.75 Å².